The van der Waals surface area contributed by atoms with Crippen molar-refractivity contribution >= 4 is 34.6 Å². The van der Waals surface area contributed by atoms with Crippen LogP contribution in [0.4, 0.5) is 22.7 Å². The van der Waals surface area contributed by atoms with Crippen LogP contribution >= 0.6 is 0 Å². The SMILES string of the molecule is COc1cc2c(cc1OCCCCCOc1cc3c(cc1OC)C(=O)N1c4ccccc4C[C@H]1CN3)NC[C@@H]1Cc3ccccc3N1C2=O. The molecule has 2 N–H and O–H groups in total. The zero-order valence-electron chi connectivity index (χ0n) is 27.8. The lowest BCUT2D eigenvalue weighted by atomic mass is 10.1. The van der Waals surface area contributed by atoms with Crippen LogP contribution in [-0.2, 0) is 12.8 Å². The number of rotatable bonds is 10. The predicted octanol–water partition coefficient (Wildman–Crippen LogP) is 6.33. The summed E-state index contributed by atoms with van der Waals surface area (Å²) in [4.78, 5) is 31.2. The molecule has 0 saturated carbocycles. The number of amides is 2. The number of anilines is 4. The predicted molar refractivity (Wildman–Crippen MR) is 189 cm³/mol. The molecule has 2 amide bonds. The fraction of sp³-hybridized carbons (Fsp3) is 0.333. The lowest BCUT2D eigenvalue weighted by molar-refractivity contribution is 0.0975. The highest BCUT2D eigenvalue weighted by atomic mass is 16.5. The Kier molecular flexibility index (Phi) is 8.15. The van der Waals surface area contributed by atoms with Crippen molar-refractivity contribution in [2.75, 3.05) is 61.0 Å². The van der Waals surface area contributed by atoms with Crippen LogP contribution in [0.5, 0.6) is 23.0 Å². The number of ether oxygens (including phenoxy) is 4. The molecule has 10 heteroatoms. The van der Waals surface area contributed by atoms with Crippen molar-refractivity contribution in [3.63, 3.8) is 0 Å². The molecule has 0 radical (unpaired) electrons. The maximum absolute atomic E-state index is 13.7. The van der Waals surface area contributed by atoms with Crippen LogP contribution in [0.25, 0.3) is 0 Å². The molecule has 49 heavy (non-hydrogen) atoms. The summed E-state index contributed by atoms with van der Waals surface area (Å²) >= 11 is 0. The summed E-state index contributed by atoms with van der Waals surface area (Å²) in [6.07, 6.45) is 4.19. The molecule has 0 bridgehead atoms. The molecule has 4 aromatic carbocycles. The number of nitrogens with zero attached hydrogens (tertiary/aromatic N) is 2. The van der Waals surface area contributed by atoms with E-state index in [-0.39, 0.29) is 23.9 Å². The van der Waals surface area contributed by atoms with Gasteiger partial charge in [-0.1, -0.05) is 36.4 Å². The molecule has 2 atom stereocenters. The molecule has 0 unspecified atom stereocenters. The molecule has 0 fully saturated rings. The van der Waals surface area contributed by atoms with E-state index in [4.69, 9.17) is 18.9 Å². The quantitative estimate of drug-likeness (QED) is 0.191. The Balaban J connectivity index is 0.862. The molecule has 4 heterocycles. The molecule has 252 valence electrons. The van der Waals surface area contributed by atoms with E-state index in [0.29, 0.717) is 60.4 Å². The third-order valence-corrected chi connectivity index (χ3v) is 10.0. The average molecular weight is 661 g/mol. The Labute approximate surface area is 285 Å². The maximum atomic E-state index is 13.7. The molecule has 0 saturated heterocycles. The van der Waals surface area contributed by atoms with Crippen molar-refractivity contribution in [3.05, 3.63) is 95.1 Å². The van der Waals surface area contributed by atoms with Crippen molar-refractivity contribution in [1.29, 1.82) is 0 Å². The zero-order valence-corrected chi connectivity index (χ0v) is 27.8. The molecule has 0 aliphatic carbocycles. The van der Waals surface area contributed by atoms with E-state index in [2.05, 4.69) is 22.8 Å². The van der Waals surface area contributed by atoms with Gasteiger partial charge in [-0.25, -0.2) is 0 Å². The van der Waals surface area contributed by atoms with Crippen LogP contribution in [0.15, 0.2) is 72.8 Å². The standard InChI is InChI=1S/C39H40N4O6/c1-46-34-18-28-30(40-22-26-16-24-10-4-6-12-32(24)42(26)38(28)44)20-36(34)48-14-8-3-9-15-49-37-21-31-29(19-35(37)47-2)39(45)43-27(23-41-31)17-25-11-5-7-13-33(25)43/h4-7,10-13,18-21,26-27,40-41H,3,8-9,14-17,22-23H2,1-2H3/t26-,27-/m0/s1. The minimum atomic E-state index is -0.0283. The van der Waals surface area contributed by atoms with E-state index in [0.717, 1.165) is 54.9 Å². The lowest BCUT2D eigenvalue weighted by Gasteiger charge is -2.22. The van der Waals surface area contributed by atoms with Gasteiger partial charge in [0.05, 0.1) is 62.0 Å². The minimum Gasteiger partial charge on any atom is -0.493 e. The van der Waals surface area contributed by atoms with Gasteiger partial charge in [0.2, 0.25) is 0 Å². The Hall–Kier alpha value is -5.38. The summed E-state index contributed by atoms with van der Waals surface area (Å²) in [6, 6.07) is 23.7. The minimum absolute atomic E-state index is 0.0283. The third-order valence-electron chi connectivity index (χ3n) is 10.0. The first kappa shape index (κ1) is 30.9. The van der Waals surface area contributed by atoms with E-state index in [9.17, 15) is 9.59 Å². The van der Waals surface area contributed by atoms with E-state index in [1.54, 1.807) is 26.4 Å². The van der Waals surface area contributed by atoms with E-state index >= 15 is 0 Å². The van der Waals surface area contributed by atoms with Gasteiger partial charge in [0.15, 0.2) is 23.0 Å². The van der Waals surface area contributed by atoms with Gasteiger partial charge in [-0.3, -0.25) is 9.59 Å². The summed E-state index contributed by atoms with van der Waals surface area (Å²) < 4.78 is 23.6. The molecule has 0 aromatic heterocycles. The first-order chi connectivity index (χ1) is 24.0. The fourth-order valence-corrected chi connectivity index (χ4v) is 7.57. The van der Waals surface area contributed by atoms with Gasteiger partial charge in [0.25, 0.3) is 11.8 Å². The fourth-order valence-electron chi connectivity index (χ4n) is 7.57. The average Bonchev–Trinajstić information content (AvgIpc) is 3.62. The van der Waals surface area contributed by atoms with Crippen molar-refractivity contribution in [1.82, 2.24) is 0 Å². The normalized spacial score (nSPS) is 18.4. The van der Waals surface area contributed by atoms with Gasteiger partial charge < -0.3 is 39.4 Å². The number of carbonyl (C=O) groups excluding carboxylic acids is 2. The summed E-state index contributed by atoms with van der Waals surface area (Å²) in [7, 11) is 3.19. The number of hydrogen-bond acceptors (Lipinski definition) is 8. The molecule has 4 aromatic rings. The molecular formula is C39H40N4O6. The second kappa shape index (κ2) is 12.9. The summed E-state index contributed by atoms with van der Waals surface area (Å²) in [5.74, 6) is 2.24. The van der Waals surface area contributed by atoms with Gasteiger partial charge in [-0.05, 0) is 67.5 Å². The Morgan fingerprint density at radius 3 is 1.51 bits per heavy atom. The summed E-state index contributed by atoms with van der Waals surface area (Å²) in [6.45, 7) is 2.32. The van der Waals surface area contributed by atoms with Crippen LogP contribution < -0.4 is 39.4 Å². The zero-order chi connectivity index (χ0) is 33.5. The number of para-hydroxylation sites is 2. The number of hydrogen-bond donors (Lipinski definition) is 2. The highest BCUT2D eigenvalue weighted by Gasteiger charge is 2.39. The molecule has 8 rings (SSSR count). The van der Waals surface area contributed by atoms with Crippen molar-refractivity contribution in [3.8, 4) is 23.0 Å². The number of nitrogens with one attached hydrogen (secondary N) is 2. The second-order valence-corrected chi connectivity index (χ2v) is 12.9. The largest absolute Gasteiger partial charge is 0.493 e. The van der Waals surface area contributed by atoms with Gasteiger partial charge in [0, 0.05) is 36.6 Å². The first-order valence-electron chi connectivity index (χ1n) is 17.0. The Morgan fingerprint density at radius 2 is 1.06 bits per heavy atom. The van der Waals surface area contributed by atoms with Gasteiger partial charge in [-0.2, -0.15) is 0 Å². The van der Waals surface area contributed by atoms with Crippen molar-refractivity contribution in [2.45, 2.75) is 44.2 Å². The van der Waals surface area contributed by atoms with E-state index in [1.165, 1.54) is 11.1 Å². The number of carbonyl (C=O) groups is 2. The first-order valence-corrected chi connectivity index (χ1v) is 17.0. The van der Waals surface area contributed by atoms with Crippen molar-refractivity contribution < 1.29 is 28.5 Å². The van der Waals surface area contributed by atoms with Gasteiger partial charge >= 0.3 is 0 Å². The second-order valence-electron chi connectivity index (χ2n) is 12.9. The molecule has 4 aliphatic rings. The number of methoxy groups -OCH3 is 2. The Morgan fingerprint density at radius 1 is 0.612 bits per heavy atom. The highest BCUT2D eigenvalue weighted by molar-refractivity contribution is 6.13. The third kappa shape index (κ3) is 5.54. The number of benzene rings is 4. The van der Waals surface area contributed by atoms with Gasteiger partial charge in [0.1, 0.15) is 0 Å². The van der Waals surface area contributed by atoms with Crippen molar-refractivity contribution in [2.24, 2.45) is 0 Å². The lowest BCUT2D eigenvalue weighted by Crippen LogP contribution is -2.39. The van der Waals surface area contributed by atoms with Crippen LogP contribution in [-0.4, -0.2) is 64.4 Å². The van der Waals surface area contributed by atoms with E-state index in [1.807, 2.05) is 58.3 Å². The van der Waals surface area contributed by atoms with Crippen LogP contribution in [0.2, 0.25) is 0 Å². The number of fused-ring (bicyclic) bond motifs is 8. The molecule has 10 nitrogen and oxygen atoms in total. The van der Waals surface area contributed by atoms with E-state index < -0.39 is 0 Å². The Bertz CT molecular complexity index is 1790. The van der Waals surface area contributed by atoms with Gasteiger partial charge in [-0.15, -0.1) is 0 Å². The molecule has 0 spiro atoms. The topological polar surface area (TPSA) is 102 Å². The number of unbranched alkanes of at least 4 members (excludes halogenated alkanes) is 2. The summed E-state index contributed by atoms with van der Waals surface area (Å²) in [5.41, 5.74) is 7.04. The molecule has 4 aliphatic heterocycles. The highest BCUT2D eigenvalue weighted by Crippen LogP contribution is 2.42. The smallest absolute Gasteiger partial charge is 0.260 e. The summed E-state index contributed by atoms with van der Waals surface area (Å²) in [5, 5.41) is 6.97. The van der Waals surface area contributed by atoms with Crippen LogP contribution in [0.3, 0.4) is 0 Å². The molecular weight excluding hydrogens is 620 g/mol. The maximum Gasteiger partial charge on any atom is 0.260 e. The monoisotopic (exact) mass is 660 g/mol. The van der Waals surface area contributed by atoms with Crippen LogP contribution in [0.1, 0.15) is 51.1 Å². The van der Waals surface area contributed by atoms with Crippen LogP contribution in [0, 0.1) is 0 Å².